The van der Waals surface area contributed by atoms with Gasteiger partial charge in [0.1, 0.15) is 12.4 Å². The summed E-state index contributed by atoms with van der Waals surface area (Å²) in [4.78, 5) is 51.6. The van der Waals surface area contributed by atoms with Crippen molar-refractivity contribution in [2.45, 2.75) is 25.9 Å². The number of methoxy groups -OCH3 is 2. The molecule has 0 fully saturated rings. The van der Waals surface area contributed by atoms with E-state index in [2.05, 4.69) is 10.6 Å². The topological polar surface area (TPSA) is 121 Å². The van der Waals surface area contributed by atoms with E-state index >= 15 is 0 Å². The number of carbonyl (C=O) groups is 2. The molecule has 10 nitrogen and oxygen atoms in total. The Morgan fingerprint density at radius 1 is 0.875 bits per heavy atom. The number of nitrogens with zero attached hydrogens (tertiary/aromatic N) is 2. The van der Waals surface area contributed by atoms with Gasteiger partial charge in [0, 0.05) is 19.5 Å². The SMILES string of the molecule is COc1ccc(CCNC(=O)CCn2c(=O)c3ccccc3n(CC(=O)Nc3ccccc3F)c2=O)cc1OC. The van der Waals surface area contributed by atoms with E-state index < -0.39 is 29.5 Å². The lowest BCUT2D eigenvalue weighted by molar-refractivity contribution is -0.121. The first-order valence-electron chi connectivity index (χ1n) is 12.6. The first kappa shape index (κ1) is 28.1. The highest BCUT2D eigenvalue weighted by molar-refractivity contribution is 5.91. The zero-order chi connectivity index (χ0) is 28.6. The number of hydrogen-bond donors (Lipinski definition) is 2. The van der Waals surface area contributed by atoms with Crippen LogP contribution in [0.1, 0.15) is 12.0 Å². The number of aromatic nitrogens is 2. The number of amides is 2. The third-order valence-electron chi connectivity index (χ3n) is 6.33. The van der Waals surface area contributed by atoms with Crippen molar-refractivity contribution < 1.29 is 23.5 Å². The normalized spacial score (nSPS) is 10.8. The van der Waals surface area contributed by atoms with Crippen molar-refractivity contribution in [1.82, 2.24) is 14.5 Å². The van der Waals surface area contributed by atoms with Crippen LogP contribution < -0.4 is 31.4 Å². The van der Waals surface area contributed by atoms with Crippen LogP contribution in [0, 0.1) is 5.82 Å². The van der Waals surface area contributed by atoms with Gasteiger partial charge in [-0.15, -0.1) is 0 Å². The van der Waals surface area contributed by atoms with E-state index in [1.807, 2.05) is 12.1 Å². The Bertz CT molecular complexity index is 1660. The second kappa shape index (κ2) is 12.7. The van der Waals surface area contributed by atoms with Crippen molar-refractivity contribution in [3.8, 4) is 11.5 Å². The molecule has 4 rings (SSSR count). The minimum absolute atomic E-state index is 0.0251. The number of rotatable bonds is 11. The lowest BCUT2D eigenvalue weighted by Crippen LogP contribution is -2.42. The second-order valence-electron chi connectivity index (χ2n) is 8.91. The van der Waals surface area contributed by atoms with Crippen molar-refractivity contribution in [3.05, 3.63) is 98.9 Å². The molecule has 1 aromatic heterocycles. The van der Waals surface area contributed by atoms with E-state index in [9.17, 15) is 23.6 Å². The largest absolute Gasteiger partial charge is 0.493 e. The Labute approximate surface area is 229 Å². The van der Waals surface area contributed by atoms with Gasteiger partial charge in [0.15, 0.2) is 11.5 Å². The van der Waals surface area contributed by atoms with Gasteiger partial charge in [-0.25, -0.2) is 9.18 Å². The van der Waals surface area contributed by atoms with E-state index in [-0.39, 0.29) is 35.5 Å². The van der Waals surface area contributed by atoms with Crippen molar-refractivity contribution >= 4 is 28.4 Å². The van der Waals surface area contributed by atoms with Gasteiger partial charge < -0.3 is 20.1 Å². The molecular formula is C29H29FN4O6. The van der Waals surface area contributed by atoms with Crippen LogP contribution in [0.2, 0.25) is 0 Å². The molecule has 0 aliphatic heterocycles. The Kier molecular flexibility index (Phi) is 8.95. The number of anilines is 1. The number of nitrogens with one attached hydrogen (secondary N) is 2. The van der Waals surface area contributed by atoms with Crippen LogP contribution in [0.3, 0.4) is 0 Å². The number of benzene rings is 3. The Morgan fingerprint density at radius 3 is 2.35 bits per heavy atom. The van der Waals surface area contributed by atoms with Crippen LogP contribution >= 0.6 is 0 Å². The number of ether oxygens (including phenoxy) is 2. The number of fused-ring (bicyclic) bond motifs is 1. The van der Waals surface area contributed by atoms with E-state index in [0.717, 1.165) is 14.7 Å². The average Bonchev–Trinajstić information content (AvgIpc) is 2.96. The minimum atomic E-state index is -0.745. The molecule has 208 valence electrons. The number of hydrogen-bond acceptors (Lipinski definition) is 6. The fourth-order valence-electron chi connectivity index (χ4n) is 4.30. The fourth-order valence-corrected chi connectivity index (χ4v) is 4.30. The van der Waals surface area contributed by atoms with E-state index in [4.69, 9.17) is 9.47 Å². The van der Waals surface area contributed by atoms with Gasteiger partial charge in [-0.05, 0) is 48.4 Å². The van der Waals surface area contributed by atoms with E-state index in [1.54, 1.807) is 50.6 Å². The average molecular weight is 549 g/mol. The van der Waals surface area contributed by atoms with Crippen molar-refractivity contribution in [2.24, 2.45) is 0 Å². The lowest BCUT2D eigenvalue weighted by atomic mass is 10.1. The van der Waals surface area contributed by atoms with E-state index in [1.165, 1.54) is 18.2 Å². The van der Waals surface area contributed by atoms with Crippen LogP contribution in [-0.2, 0) is 29.1 Å². The molecule has 4 aromatic rings. The molecule has 0 aliphatic carbocycles. The van der Waals surface area contributed by atoms with E-state index in [0.29, 0.717) is 24.5 Å². The minimum Gasteiger partial charge on any atom is -0.493 e. The Morgan fingerprint density at radius 2 is 1.60 bits per heavy atom. The van der Waals surface area contributed by atoms with Crippen molar-refractivity contribution in [2.75, 3.05) is 26.1 Å². The van der Waals surface area contributed by atoms with Gasteiger partial charge in [-0.1, -0.05) is 30.3 Å². The summed E-state index contributed by atoms with van der Waals surface area (Å²) in [7, 11) is 3.09. The summed E-state index contributed by atoms with van der Waals surface area (Å²) in [5.41, 5.74) is -0.144. The molecule has 3 aromatic carbocycles. The van der Waals surface area contributed by atoms with Crippen LogP contribution in [0.15, 0.2) is 76.3 Å². The molecule has 1 heterocycles. The highest BCUT2D eigenvalue weighted by Gasteiger charge is 2.17. The molecule has 0 unspecified atom stereocenters. The molecule has 0 bridgehead atoms. The molecule has 0 saturated heterocycles. The summed E-state index contributed by atoms with van der Waals surface area (Å²) in [6.45, 7) is -0.299. The molecule has 2 N–H and O–H groups in total. The highest BCUT2D eigenvalue weighted by atomic mass is 19.1. The van der Waals surface area contributed by atoms with Gasteiger partial charge in [-0.3, -0.25) is 23.5 Å². The van der Waals surface area contributed by atoms with Gasteiger partial charge in [-0.2, -0.15) is 0 Å². The molecule has 0 atom stereocenters. The van der Waals surface area contributed by atoms with Crippen molar-refractivity contribution in [1.29, 1.82) is 0 Å². The fraction of sp³-hybridized carbons (Fsp3) is 0.241. The third kappa shape index (κ3) is 6.37. The third-order valence-corrected chi connectivity index (χ3v) is 6.33. The molecule has 0 spiro atoms. The molecule has 0 aliphatic rings. The number of halogens is 1. The smallest absolute Gasteiger partial charge is 0.331 e. The van der Waals surface area contributed by atoms with Gasteiger partial charge >= 0.3 is 5.69 Å². The molecule has 40 heavy (non-hydrogen) atoms. The quantitative estimate of drug-likeness (QED) is 0.297. The van der Waals surface area contributed by atoms with Gasteiger partial charge in [0.25, 0.3) is 5.56 Å². The molecule has 11 heteroatoms. The number of carbonyl (C=O) groups excluding carboxylic acids is 2. The summed E-state index contributed by atoms with van der Waals surface area (Å²) in [5.74, 6) is -0.415. The molecular weight excluding hydrogens is 519 g/mol. The maximum Gasteiger partial charge on any atom is 0.331 e. The predicted molar refractivity (Wildman–Crippen MR) is 148 cm³/mol. The number of para-hydroxylation sites is 2. The summed E-state index contributed by atoms with van der Waals surface area (Å²) < 4.78 is 26.6. The Balaban J connectivity index is 1.46. The van der Waals surface area contributed by atoms with Crippen LogP contribution in [0.4, 0.5) is 10.1 Å². The summed E-state index contributed by atoms with van der Waals surface area (Å²) in [6, 6.07) is 17.5. The summed E-state index contributed by atoms with van der Waals surface area (Å²) >= 11 is 0. The second-order valence-corrected chi connectivity index (χ2v) is 8.91. The zero-order valence-electron chi connectivity index (χ0n) is 22.1. The van der Waals surface area contributed by atoms with Crippen LogP contribution in [0.5, 0.6) is 11.5 Å². The molecule has 2 amide bonds. The van der Waals surface area contributed by atoms with Gasteiger partial charge in [0.05, 0.1) is 30.8 Å². The maximum atomic E-state index is 14.0. The standard InChI is InChI=1S/C29H29FN4O6/c1-39-24-12-11-19(17-25(24)40-2)13-15-31-26(35)14-16-33-28(37)20-7-3-6-10-23(20)34(29(33)38)18-27(36)32-22-9-5-4-8-21(22)30/h3-12,17H,13-16,18H2,1-2H3,(H,31,35)(H,32,36). The lowest BCUT2D eigenvalue weighted by Gasteiger charge is -2.14. The first-order valence-corrected chi connectivity index (χ1v) is 12.6. The first-order chi connectivity index (χ1) is 19.3. The predicted octanol–water partition coefficient (Wildman–Crippen LogP) is 2.71. The highest BCUT2D eigenvalue weighted by Crippen LogP contribution is 2.27. The molecule has 0 saturated carbocycles. The summed E-state index contributed by atoms with van der Waals surface area (Å²) in [5, 5.41) is 5.45. The van der Waals surface area contributed by atoms with Crippen LogP contribution in [-0.4, -0.2) is 41.7 Å². The van der Waals surface area contributed by atoms with Crippen LogP contribution in [0.25, 0.3) is 10.9 Å². The Hall–Kier alpha value is -4.93. The summed E-state index contributed by atoms with van der Waals surface area (Å²) in [6.07, 6.45) is 0.410. The monoisotopic (exact) mass is 548 g/mol. The molecule has 0 radical (unpaired) electrons. The zero-order valence-corrected chi connectivity index (χ0v) is 22.1. The maximum absolute atomic E-state index is 14.0. The van der Waals surface area contributed by atoms with Gasteiger partial charge in [0.2, 0.25) is 11.8 Å². The van der Waals surface area contributed by atoms with Crippen molar-refractivity contribution in [3.63, 3.8) is 0 Å².